The van der Waals surface area contributed by atoms with Gasteiger partial charge in [0.25, 0.3) is 5.91 Å². The SMILES string of the molecule is C#CC(=O)N(C)[C@H](CC)C(=O)OC. The maximum absolute atomic E-state index is 11.1. The third kappa shape index (κ3) is 2.79. The summed E-state index contributed by atoms with van der Waals surface area (Å²) in [6.07, 6.45) is 5.40. The quantitative estimate of drug-likeness (QED) is 0.458. The van der Waals surface area contributed by atoms with Crippen LogP contribution in [0, 0.1) is 12.3 Å². The fraction of sp³-hybridized carbons (Fsp3) is 0.556. The van der Waals surface area contributed by atoms with Gasteiger partial charge in [0.1, 0.15) is 6.04 Å². The molecule has 0 unspecified atom stereocenters. The Hall–Kier alpha value is -1.50. The van der Waals surface area contributed by atoms with Gasteiger partial charge in [-0.3, -0.25) is 4.79 Å². The zero-order valence-corrected chi connectivity index (χ0v) is 8.03. The van der Waals surface area contributed by atoms with Gasteiger partial charge in [0.15, 0.2) is 0 Å². The van der Waals surface area contributed by atoms with E-state index in [0.29, 0.717) is 6.42 Å². The predicted octanol–water partition coefficient (Wildman–Crippen LogP) is 0.0296. The van der Waals surface area contributed by atoms with Gasteiger partial charge in [-0.05, 0) is 12.3 Å². The molecule has 1 atom stereocenters. The Balaban J connectivity index is 4.51. The molecule has 0 spiro atoms. The topological polar surface area (TPSA) is 46.6 Å². The fourth-order valence-electron chi connectivity index (χ4n) is 0.978. The second kappa shape index (κ2) is 5.20. The molecule has 0 aliphatic heterocycles. The molecule has 0 N–H and O–H groups in total. The molecule has 72 valence electrons. The minimum absolute atomic E-state index is 0.450. The van der Waals surface area contributed by atoms with E-state index in [2.05, 4.69) is 4.74 Å². The van der Waals surface area contributed by atoms with Crippen molar-refractivity contribution in [2.45, 2.75) is 19.4 Å². The first-order valence-electron chi connectivity index (χ1n) is 3.89. The number of methoxy groups -OCH3 is 1. The molecular formula is C9H13NO3. The molecule has 0 rings (SSSR count). The Bertz CT molecular complexity index is 242. The zero-order chi connectivity index (χ0) is 10.4. The molecule has 1 amide bonds. The first kappa shape index (κ1) is 11.5. The van der Waals surface area contributed by atoms with Crippen LogP contribution in [-0.4, -0.2) is 37.0 Å². The van der Waals surface area contributed by atoms with Crippen molar-refractivity contribution in [2.75, 3.05) is 14.2 Å². The number of likely N-dealkylation sites (N-methyl/N-ethyl adjacent to an activating group) is 1. The fourth-order valence-corrected chi connectivity index (χ4v) is 0.978. The van der Waals surface area contributed by atoms with Gasteiger partial charge in [-0.25, -0.2) is 4.79 Å². The highest BCUT2D eigenvalue weighted by Crippen LogP contribution is 2.03. The van der Waals surface area contributed by atoms with Crippen LogP contribution in [0.4, 0.5) is 0 Å². The Morgan fingerprint density at radius 2 is 2.15 bits per heavy atom. The number of ether oxygens (including phenoxy) is 1. The molecule has 4 nitrogen and oxygen atoms in total. The van der Waals surface area contributed by atoms with Gasteiger partial charge in [0.2, 0.25) is 0 Å². The van der Waals surface area contributed by atoms with E-state index in [9.17, 15) is 9.59 Å². The Morgan fingerprint density at radius 3 is 2.46 bits per heavy atom. The van der Waals surface area contributed by atoms with Crippen LogP contribution >= 0.6 is 0 Å². The van der Waals surface area contributed by atoms with Crippen molar-refractivity contribution in [1.29, 1.82) is 0 Å². The third-order valence-electron chi connectivity index (χ3n) is 1.77. The van der Waals surface area contributed by atoms with E-state index >= 15 is 0 Å². The Morgan fingerprint density at radius 1 is 1.62 bits per heavy atom. The second-order valence-electron chi connectivity index (χ2n) is 2.51. The van der Waals surface area contributed by atoms with Crippen molar-refractivity contribution in [3.05, 3.63) is 0 Å². The number of hydrogen-bond acceptors (Lipinski definition) is 3. The average Bonchev–Trinajstić information content (AvgIpc) is 2.17. The summed E-state index contributed by atoms with van der Waals surface area (Å²) in [5.41, 5.74) is 0. The lowest BCUT2D eigenvalue weighted by Crippen LogP contribution is -2.42. The van der Waals surface area contributed by atoms with Crippen LogP contribution in [-0.2, 0) is 14.3 Å². The van der Waals surface area contributed by atoms with E-state index in [1.165, 1.54) is 19.1 Å². The lowest BCUT2D eigenvalue weighted by atomic mass is 10.2. The molecule has 0 aliphatic carbocycles. The van der Waals surface area contributed by atoms with Gasteiger partial charge in [-0.15, -0.1) is 6.42 Å². The minimum atomic E-state index is -0.589. The van der Waals surface area contributed by atoms with Crippen molar-refractivity contribution in [2.24, 2.45) is 0 Å². The van der Waals surface area contributed by atoms with Gasteiger partial charge in [0.05, 0.1) is 7.11 Å². The molecule has 13 heavy (non-hydrogen) atoms. The van der Waals surface area contributed by atoms with Gasteiger partial charge in [0, 0.05) is 7.05 Å². The summed E-state index contributed by atoms with van der Waals surface area (Å²) in [4.78, 5) is 23.3. The van der Waals surface area contributed by atoms with Gasteiger partial charge in [-0.1, -0.05) is 6.92 Å². The number of esters is 1. The lowest BCUT2D eigenvalue weighted by molar-refractivity contribution is -0.150. The smallest absolute Gasteiger partial charge is 0.328 e. The molecule has 0 bridgehead atoms. The van der Waals surface area contributed by atoms with Crippen LogP contribution < -0.4 is 0 Å². The van der Waals surface area contributed by atoms with Crippen molar-refractivity contribution in [3.63, 3.8) is 0 Å². The summed E-state index contributed by atoms with van der Waals surface area (Å²) in [6, 6.07) is -0.589. The molecule has 0 saturated carbocycles. The van der Waals surface area contributed by atoms with Crippen LogP contribution in [0.3, 0.4) is 0 Å². The monoisotopic (exact) mass is 183 g/mol. The third-order valence-corrected chi connectivity index (χ3v) is 1.77. The molecule has 0 aromatic rings. The van der Waals surface area contributed by atoms with Crippen LogP contribution in [0.25, 0.3) is 0 Å². The van der Waals surface area contributed by atoms with Crippen LogP contribution in [0.2, 0.25) is 0 Å². The van der Waals surface area contributed by atoms with Crippen LogP contribution in [0.15, 0.2) is 0 Å². The van der Waals surface area contributed by atoms with E-state index in [4.69, 9.17) is 6.42 Å². The van der Waals surface area contributed by atoms with Crippen LogP contribution in [0.5, 0.6) is 0 Å². The number of rotatable bonds is 3. The van der Waals surface area contributed by atoms with Crippen molar-refractivity contribution >= 4 is 11.9 Å². The molecule has 0 heterocycles. The summed E-state index contributed by atoms with van der Waals surface area (Å²) in [7, 11) is 2.76. The molecule has 0 radical (unpaired) electrons. The molecule has 0 aromatic heterocycles. The van der Waals surface area contributed by atoms with Crippen molar-refractivity contribution in [3.8, 4) is 12.3 Å². The van der Waals surface area contributed by atoms with E-state index in [1.54, 1.807) is 6.92 Å². The van der Waals surface area contributed by atoms with Gasteiger partial charge in [-0.2, -0.15) is 0 Å². The number of nitrogens with zero attached hydrogens (tertiary/aromatic N) is 1. The van der Waals surface area contributed by atoms with Crippen LogP contribution in [0.1, 0.15) is 13.3 Å². The highest BCUT2D eigenvalue weighted by atomic mass is 16.5. The number of amides is 1. The minimum Gasteiger partial charge on any atom is -0.467 e. The molecular weight excluding hydrogens is 170 g/mol. The molecule has 0 fully saturated rings. The highest BCUT2D eigenvalue weighted by Gasteiger charge is 2.24. The number of hydrogen-bond donors (Lipinski definition) is 0. The Kier molecular flexibility index (Phi) is 4.60. The van der Waals surface area contributed by atoms with Crippen molar-refractivity contribution in [1.82, 2.24) is 4.90 Å². The normalized spacial score (nSPS) is 11.2. The zero-order valence-electron chi connectivity index (χ0n) is 8.03. The number of carbonyl (C=O) groups excluding carboxylic acids is 2. The maximum atomic E-state index is 11.1. The maximum Gasteiger partial charge on any atom is 0.328 e. The average molecular weight is 183 g/mol. The number of carbonyl (C=O) groups is 2. The van der Waals surface area contributed by atoms with E-state index in [1.807, 2.05) is 5.92 Å². The van der Waals surface area contributed by atoms with Crippen molar-refractivity contribution < 1.29 is 14.3 Å². The summed E-state index contributed by atoms with van der Waals surface area (Å²) >= 11 is 0. The summed E-state index contributed by atoms with van der Waals surface area (Å²) in [5, 5.41) is 0. The molecule has 0 aliphatic rings. The second-order valence-corrected chi connectivity index (χ2v) is 2.51. The number of terminal acetylenes is 1. The first-order valence-corrected chi connectivity index (χ1v) is 3.89. The standard InChI is InChI=1S/C9H13NO3/c1-5-7(9(12)13-4)10(3)8(11)6-2/h2,7H,5H2,1,3-4H3/t7-/m1/s1. The first-order chi connectivity index (χ1) is 6.08. The van der Waals surface area contributed by atoms with E-state index in [0.717, 1.165) is 0 Å². The van der Waals surface area contributed by atoms with Gasteiger partial charge < -0.3 is 9.64 Å². The van der Waals surface area contributed by atoms with E-state index < -0.39 is 17.9 Å². The van der Waals surface area contributed by atoms with E-state index in [-0.39, 0.29) is 0 Å². The Labute approximate surface area is 77.9 Å². The summed E-state index contributed by atoms with van der Waals surface area (Å²) in [5.74, 6) is 0.971. The summed E-state index contributed by atoms with van der Waals surface area (Å²) < 4.78 is 4.52. The lowest BCUT2D eigenvalue weighted by Gasteiger charge is -2.22. The highest BCUT2D eigenvalue weighted by molar-refractivity contribution is 5.95. The summed E-state index contributed by atoms with van der Waals surface area (Å²) in [6.45, 7) is 1.78. The van der Waals surface area contributed by atoms with Gasteiger partial charge >= 0.3 is 5.97 Å². The molecule has 0 saturated heterocycles. The predicted molar refractivity (Wildman–Crippen MR) is 47.7 cm³/mol. The largest absolute Gasteiger partial charge is 0.467 e. The molecule has 4 heteroatoms. The molecule has 0 aromatic carbocycles.